The predicted octanol–water partition coefficient (Wildman–Crippen LogP) is 5.57. The molecule has 2 heterocycles. The van der Waals surface area contributed by atoms with Gasteiger partial charge in [-0.15, -0.1) is 0 Å². The van der Waals surface area contributed by atoms with Crippen molar-refractivity contribution in [1.29, 1.82) is 0 Å². The van der Waals surface area contributed by atoms with Crippen molar-refractivity contribution in [2.24, 2.45) is 0 Å². The molecule has 0 saturated heterocycles. The first-order valence-corrected chi connectivity index (χ1v) is 10.4. The fourth-order valence-electron chi connectivity index (χ4n) is 3.39. The molecule has 0 aliphatic carbocycles. The molecule has 0 saturated carbocycles. The number of nitrogens with one attached hydrogen (secondary N) is 1. The minimum atomic E-state index is -0.118. The molecule has 30 heavy (non-hydrogen) atoms. The van der Waals surface area contributed by atoms with Crippen molar-refractivity contribution in [3.05, 3.63) is 95.5 Å². The molecule has 0 radical (unpaired) electrons. The number of hydrogen-bond donors (Lipinski definition) is 1. The first-order chi connectivity index (χ1) is 14.8. The third kappa shape index (κ3) is 3.60. The van der Waals surface area contributed by atoms with Crippen LogP contribution in [0.4, 0.5) is 0 Å². The van der Waals surface area contributed by atoms with Crippen LogP contribution in [0, 0.1) is 0 Å². The van der Waals surface area contributed by atoms with Crippen LogP contribution in [0.25, 0.3) is 21.8 Å². The summed E-state index contributed by atoms with van der Waals surface area (Å²) in [6.45, 7) is 0.418. The number of aromatic nitrogens is 2. The van der Waals surface area contributed by atoms with Crippen LogP contribution in [-0.4, -0.2) is 15.9 Å². The quantitative estimate of drug-likeness (QED) is 0.384. The third-order valence-corrected chi connectivity index (χ3v) is 5.45. The topological polar surface area (TPSA) is 64.1 Å². The SMILES string of the molecule is O=C(NCc1ccc(Oc2nccs2)cc1)c1c2ccccc2nc2ccccc12. The van der Waals surface area contributed by atoms with Crippen LogP contribution in [0.15, 0.2) is 84.4 Å². The molecule has 0 bridgehead atoms. The largest absolute Gasteiger partial charge is 0.431 e. The van der Waals surface area contributed by atoms with Gasteiger partial charge in [-0.1, -0.05) is 59.9 Å². The molecule has 0 spiro atoms. The molecule has 5 aromatic rings. The zero-order chi connectivity index (χ0) is 20.3. The highest BCUT2D eigenvalue weighted by Crippen LogP contribution is 2.26. The number of benzene rings is 3. The predicted molar refractivity (Wildman–Crippen MR) is 119 cm³/mol. The fourth-order valence-corrected chi connectivity index (χ4v) is 3.90. The van der Waals surface area contributed by atoms with E-state index in [9.17, 15) is 4.79 Å². The number of ether oxygens (including phenoxy) is 1. The van der Waals surface area contributed by atoms with Crippen molar-refractivity contribution in [3.8, 4) is 10.9 Å². The highest BCUT2D eigenvalue weighted by Gasteiger charge is 2.15. The summed E-state index contributed by atoms with van der Waals surface area (Å²) in [6.07, 6.45) is 1.70. The van der Waals surface area contributed by atoms with Gasteiger partial charge >= 0.3 is 0 Å². The van der Waals surface area contributed by atoms with Gasteiger partial charge in [0.2, 0.25) is 0 Å². The summed E-state index contributed by atoms with van der Waals surface area (Å²) in [6, 6.07) is 23.1. The van der Waals surface area contributed by atoms with E-state index < -0.39 is 0 Å². The van der Waals surface area contributed by atoms with Crippen LogP contribution in [0.2, 0.25) is 0 Å². The molecule has 1 amide bonds. The van der Waals surface area contributed by atoms with Gasteiger partial charge in [-0.3, -0.25) is 4.79 Å². The van der Waals surface area contributed by atoms with Gasteiger partial charge in [0.1, 0.15) is 5.75 Å². The lowest BCUT2D eigenvalue weighted by Crippen LogP contribution is -2.23. The van der Waals surface area contributed by atoms with Crippen LogP contribution in [0.3, 0.4) is 0 Å². The molecule has 3 aromatic carbocycles. The summed E-state index contributed by atoms with van der Waals surface area (Å²) in [5.74, 6) is 0.596. The Morgan fingerprint density at radius 3 is 2.20 bits per heavy atom. The maximum Gasteiger partial charge on any atom is 0.278 e. The molecule has 0 aliphatic rings. The second-order valence-corrected chi connectivity index (χ2v) is 7.60. The van der Waals surface area contributed by atoms with Gasteiger partial charge in [0.25, 0.3) is 11.1 Å². The maximum absolute atomic E-state index is 13.2. The third-order valence-electron chi connectivity index (χ3n) is 4.81. The first kappa shape index (κ1) is 18.3. The molecular weight excluding hydrogens is 394 g/mol. The number of carbonyl (C=O) groups excluding carboxylic acids is 1. The average Bonchev–Trinajstić information content (AvgIpc) is 3.30. The Balaban J connectivity index is 1.38. The molecule has 0 atom stereocenters. The van der Waals surface area contributed by atoms with Crippen molar-refractivity contribution in [2.75, 3.05) is 0 Å². The zero-order valence-corrected chi connectivity index (χ0v) is 16.7. The number of rotatable bonds is 5. The molecule has 0 aliphatic heterocycles. The van der Waals surface area contributed by atoms with Crippen molar-refractivity contribution in [1.82, 2.24) is 15.3 Å². The number of carbonyl (C=O) groups is 1. The molecule has 0 unspecified atom stereocenters. The number of nitrogens with zero attached hydrogens (tertiary/aromatic N) is 2. The van der Waals surface area contributed by atoms with Crippen LogP contribution in [-0.2, 0) is 6.54 Å². The fraction of sp³-hybridized carbons (Fsp3) is 0.0417. The van der Waals surface area contributed by atoms with E-state index in [4.69, 9.17) is 4.74 Å². The number of para-hydroxylation sites is 2. The summed E-state index contributed by atoms with van der Waals surface area (Å²) in [4.78, 5) is 21.9. The van der Waals surface area contributed by atoms with Crippen molar-refractivity contribution >= 4 is 39.0 Å². The summed E-state index contributed by atoms with van der Waals surface area (Å²) in [5.41, 5.74) is 3.26. The molecule has 6 heteroatoms. The Bertz CT molecular complexity index is 1280. The molecule has 5 nitrogen and oxygen atoms in total. The van der Waals surface area contributed by atoms with Crippen molar-refractivity contribution < 1.29 is 9.53 Å². The summed E-state index contributed by atoms with van der Waals surface area (Å²) >= 11 is 1.44. The Morgan fingerprint density at radius 2 is 1.57 bits per heavy atom. The standard InChI is InChI=1S/C24H17N3O2S/c28-23(26-15-16-9-11-17(12-10-16)29-24-25-13-14-30-24)22-18-5-1-3-7-20(18)27-21-8-4-2-6-19(21)22/h1-14H,15H2,(H,26,28). The van der Waals surface area contributed by atoms with Crippen LogP contribution >= 0.6 is 11.3 Å². The lowest BCUT2D eigenvalue weighted by Gasteiger charge is -2.11. The minimum absolute atomic E-state index is 0.118. The molecule has 2 aromatic heterocycles. The van der Waals surface area contributed by atoms with E-state index in [2.05, 4.69) is 15.3 Å². The van der Waals surface area contributed by atoms with Crippen LogP contribution < -0.4 is 10.1 Å². The van der Waals surface area contributed by atoms with Gasteiger partial charge < -0.3 is 10.1 Å². The number of amides is 1. The van der Waals surface area contributed by atoms with E-state index in [1.807, 2.05) is 78.2 Å². The molecule has 146 valence electrons. The lowest BCUT2D eigenvalue weighted by molar-refractivity contribution is 0.0954. The van der Waals surface area contributed by atoms with Crippen molar-refractivity contribution in [3.63, 3.8) is 0 Å². The first-order valence-electron chi connectivity index (χ1n) is 9.50. The number of thiazole rings is 1. The monoisotopic (exact) mass is 411 g/mol. The van der Waals surface area contributed by atoms with Crippen LogP contribution in [0.5, 0.6) is 10.9 Å². The van der Waals surface area contributed by atoms with E-state index in [1.165, 1.54) is 11.3 Å². The summed E-state index contributed by atoms with van der Waals surface area (Å²) in [7, 11) is 0. The van der Waals surface area contributed by atoms with Gasteiger partial charge in [-0.25, -0.2) is 9.97 Å². The Hall–Kier alpha value is -3.77. The Kier molecular flexibility index (Phi) is 4.83. The molecular formula is C24H17N3O2S. The minimum Gasteiger partial charge on any atom is -0.431 e. The van der Waals surface area contributed by atoms with E-state index in [0.29, 0.717) is 23.1 Å². The highest BCUT2D eigenvalue weighted by atomic mass is 32.1. The van der Waals surface area contributed by atoms with E-state index in [-0.39, 0.29) is 5.91 Å². The van der Waals surface area contributed by atoms with Crippen LogP contribution in [0.1, 0.15) is 15.9 Å². The van der Waals surface area contributed by atoms with Gasteiger partial charge in [0, 0.05) is 28.9 Å². The molecule has 5 rings (SSSR count). The Labute approximate surface area is 177 Å². The zero-order valence-electron chi connectivity index (χ0n) is 15.9. The summed E-state index contributed by atoms with van der Waals surface area (Å²) in [5, 5.41) is 7.21. The van der Waals surface area contributed by atoms with Crippen molar-refractivity contribution in [2.45, 2.75) is 6.54 Å². The Morgan fingerprint density at radius 1 is 0.900 bits per heavy atom. The second-order valence-electron chi connectivity index (χ2n) is 6.75. The van der Waals surface area contributed by atoms with E-state index >= 15 is 0 Å². The molecule has 0 fully saturated rings. The highest BCUT2D eigenvalue weighted by molar-refractivity contribution is 7.11. The average molecular weight is 411 g/mol. The summed E-state index contributed by atoms with van der Waals surface area (Å²) < 4.78 is 5.68. The number of pyridine rings is 1. The normalized spacial score (nSPS) is 10.9. The second kappa shape index (κ2) is 7.93. The van der Waals surface area contributed by atoms with E-state index in [0.717, 1.165) is 27.4 Å². The van der Waals surface area contributed by atoms with E-state index in [1.54, 1.807) is 6.20 Å². The molecule has 1 N–H and O–H groups in total. The van der Waals surface area contributed by atoms with Gasteiger partial charge in [-0.2, -0.15) is 0 Å². The maximum atomic E-state index is 13.2. The van der Waals surface area contributed by atoms with Gasteiger partial charge in [0.05, 0.1) is 16.6 Å². The number of fused-ring (bicyclic) bond motifs is 2. The van der Waals surface area contributed by atoms with Gasteiger partial charge in [0.15, 0.2) is 0 Å². The van der Waals surface area contributed by atoms with Gasteiger partial charge in [-0.05, 0) is 29.8 Å². The smallest absolute Gasteiger partial charge is 0.278 e. The number of hydrogen-bond acceptors (Lipinski definition) is 5. The lowest BCUT2D eigenvalue weighted by atomic mass is 10.0.